The number of amides is 1. The number of carbonyl (C=O) groups is 2. The molecule has 0 radical (unpaired) electrons. The molecule has 2 aromatic rings. The van der Waals surface area contributed by atoms with E-state index in [1.165, 1.54) is 18.7 Å². The first-order valence-electron chi connectivity index (χ1n) is 7.32. The molecule has 4 nitrogen and oxygen atoms in total. The molecule has 0 aliphatic heterocycles. The van der Waals surface area contributed by atoms with Crippen molar-refractivity contribution in [1.82, 2.24) is 5.32 Å². The van der Waals surface area contributed by atoms with Crippen molar-refractivity contribution in [2.75, 3.05) is 6.54 Å². The third-order valence-electron chi connectivity index (χ3n) is 3.12. The Kier molecular flexibility index (Phi) is 6.69. The Bertz CT molecular complexity index is 631. The van der Waals surface area contributed by atoms with Gasteiger partial charge in [0.15, 0.2) is 5.12 Å². The fraction of sp³-hybridized carbons (Fsp3) is 0.222. The van der Waals surface area contributed by atoms with E-state index in [-0.39, 0.29) is 17.0 Å². The molecule has 0 heterocycles. The van der Waals surface area contributed by atoms with Gasteiger partial charge in [0, 0.05) is 13.5 Å². The van der Waals surface area contributed by atoms with Crippen LogP contribution in [0, 0.1) is 0 Å². The fourth-order valence-electron chi connectivity index (χ4n) is 2.05. The molecule has 5 heteroatoms. The molecule has 2 rings (SSSR count). The molecule has 23 heavy (non-hydrogen) atoms. The maximum absolute atomic E-state index is 11.8. The molecule has 0 bridgehead atoms. The second kappa shape index (κ2) is 9.00. The monoisotopic (exact) mass is 329 g/mol. The highest BCUT2D eigenvalue weighted by Crippen LogP contribution is 2.28. The first kappa shape index (κ1) is 17.1. The molecule has 1 amide bonds. The minimum atomic E-state index is -0.487. The summed E-state index contributed by atoms with van der Waals surface area (Å²) < 4.78 is 5.18. The molecule has 2 aromatic carbocycles. The molecule has 0 unspecified atom stereocenters. The van der Waals surface area contributed by atoms with Crippen LogP contribution in [0.3, 0.4) is 0 Å². The number of hydrogen-bond donors (Lipinski definition) is 1. The minimum Gasteiger partial charge on any atom is -0.445 e. The first-order chi connectivity index (χ1) is 11.1. The molecular formula is C18H19NO3S. The number of carbonyl (C=O) groups excluding carboxylic acids is 2. The van der Waals surface area contributed by atoms with Crippen LogP contribution in [0.1, 0.15) is 23.3 Å². The standard InChI is InChI=1S/C18H19NO3S/c1-14(20)23-17(16-10-6-3-7-11-16)12-19-18(21)22-13-15-8-4-2-5-9-15/h2-11,17H,12-13H2,1H3,(H,19,21)/t17-/m0/s1. The Morgan fingerprint density at radius 1 is 1.04 bits per heavy atom. The molecule has 0 saturated carbocycles. The lowest BCUT2D eigenvalue weighted by molar-refractivity contribution is -0.109. The number of benzene rings is 2. The zero-order valence-corrected chi connectivity index (χ0v) is 13.7. The molecule has 0 fully saturated rings. The summed E-state index contributed by atoms with van der Waals surface area (Å²) in [6.07, 6.45) is -0.487. The fourth-order valence-corrected chi connectivity index (χ4v) is 2.91. The Morgan fingerprint density at radius 2 is 1.65 bits per heavy atom. The molecular weight excluding hydrogens is 310 g/mol. The summed E-state index contributed by atoms with van der Waals surface area (Å²) in [5, 5.41) is 2.61. The Morgan fingerprint density at radius 3 is 2.26 bits per heavy atom. The Labute approximate surface area is 140 Å². The molecule has 0 aliphatic carbocycles. The summed E-state index contributed by atoms with van der Waals surface area (Å²) in [7, 11) is 0. The average molecular weight is 329 g/mol. The van der Waals surface area contributed by atoms with Gasteiger partial charge in [-0.3, -0.25) is 4.79 Å². The summed E-state index contributed by atoms with van der Waals surface area (Å²) in [5.74, 6) is 0. The highest BCUT2D eigenvalue weighted by molar-refractivity contribution is 8.13. The number of ether oxygens (including phenoxy) is 1. The quantitative estimate of drug-likeness (QED) is 0.872. The second-order valence-electron chi connectivity index (χ2n) is 4.95. The van der Waals surface area contributed by atoms with E-state index in [0.717, 1.165) is 11.1 Å². The highest BCUT2D eigenvalue weighted by Gasteiger charge is 2.16. The predicted octanol–water partition coefficient (Wildman–Crippen LogP) is 3.93. The number of thioether (sulfide) groups is 1. The lowest BCUT2D eigenvalue weighted by atomic mass is 10.1. The van der Waals surface area contributed by atoms with E-state index in [4.69, 9.17) is 4.74 Å². The van der Waals surface area contributed by atoms with Crippen molar-refractivity contribution in [3.63, 3.8) is 0 Å². The molecule has 0 aromatic heterocycles. The number of nitrogens with one attached hydrogen (secondary N) is 1. The molecule has 1 atom stereocenters. The van der Waals surface area contributed by atoms with Crippen LogP contribution >= 0.6 is 11.8 Å². The first-order valence-corrected chi connectivity index (χ1v) is 8.20. The van der Waals surface area contributed by atoms with Crippen LogP contribution in [-0.2, 0) is 16.1 Å². The van der Waals surface area contributed by atoms with Gasteiger partial charge >= 0.3 is 6.09 Å². The van der Waals surface area contributed by atoms with Crippen LogP contribution in [0.5, 0.6) is 0 Å². The van der Waals surface area contributed by atoms with Crippen LogP contribution in [-0.4, -0.2) is 17.8 Å². The van der Waals surface area contributed by atoms with Crippen molar-refractivity contribution in [1.29, 1.82) is 0 Å². The lowest BCUT2D eigenvalue weighted by Gasteiger charge is -2.16. The second-order valence-corrected chi connectivity index (χ2v) is 6.33. The van der Waals surface area contributed by atoms with Crippen molar-refractivity contribution in [3.8, 4) is 0 Å². The van der Waals surface area contributed by atoms with Gasteiger partial charge in [-0.05, 0) is 11.1 Å². The third kappa shape index (κ3) is 6.16. The largest absolute Gasteiger partial charge is 0.445 e. The van der Waals surface area contributed by atoms with Crippen molar-refractivity contribution in [3.05, 3.63) is 71.8 Å². The maximum Gasteiger partial charge on any atom is 0.407 e. The van der Waals surface area contributed by atoms with Gasteiger partial charge in [0.05, 0.1) is 5.25 Å². The number of alkyl carbamates (subject to hydrolysis) is 1. The molecule has 0 spiro atoms. The highest BCUT2D eigenvalue weighted by atomic mass is 32.2. The van der Waals surface area contributed by atoms with Crippen LogP contribution in [0.2, 0.25) is 0 Å². The third-order valence-corrected chi connectivity index (χ3v) is 4.18. The van der Waals surface area contributed by atoms with E-state index in [1.807, 2.05) is 60.7 Å². The van der Waals surface area contributed by atoms with Gasteiger partial charge in [-0.15, -0.1) is 0 Å². The zero-order valence-electron chi connectivity index (χ0n) is 12.9. The van der Waals surface area contributed by atoms with E-state index in [9.17, 15) is 9.59 Å². The van der Waals surface area contributed by atoms with Gasteiger partial charge in [-0.25, -0.2) is 4.79 Å². The predicted molar refractivity (Wildman–Crippen MR) is 92.1 cm³/mol. The Balaban J connectivity index is 1.85. The number of hydrogen-bond acceptors (Lipinski definition) is 4. The summed E-state index contributed by atoms with van der Waals surface area (Å²) in [6, 6.07) is 19.1. The van der Waals surface area contributed by atoms with Crippen molar-refractivity contribution < 1.29 is 14.3 Å². The average Bonchev–Trinajstić information content (AvgIpc) is 2.58. The van der Waals surface area contributed by atoms with Gasteiger partial charge in [0.25, 0.3) is 0 Å². The van der Waals surface area contributed by atoms with E-state index in [2.05, 4.69) is 5.32 Å². The van der Waals surface area contributed by atoms with E-state index in [1.54, 1.807) is 0 Å². The molecule has 0 saturated heterocycles. The van der Waals surface area contributed by atoms with Gasteiger partial charge in [-0.2, -0.15) is 0 Å². The van der Waals surface area contributed by atoms with E-state index >= 15 is 0 Å². The molecule has 1 N–H and O–H groups in total. The van der Waals surface area contributed by atoms with Gasteiger partial charge in [0.1, 0.15) is 6.61 Å². The summed E-state index contributed by atoms with van der Waals surface area (Å²) in [5.41, 5.74) is 1.93. The van der Waals surface area contributed by atoms with Gasteiger partial charge in [0.2, 0.25) is 0 Å². The van der Waals surface area contributed by atoms with Crippen molar-refractivity contribution in [2.45, 2.75) is 18.8 Å². The van der Waals surface area contributed by atoms with Crippen molar-refractivity contribution >= 4 is 23.0 Å². The summed E-state index contributed by atoms with van der Waals surface area (Å²) >= 11 is 1.20. The smallest absolute Gasteiger partial charge is 0.407 e. The summed E-state index contributed by atoms with van der Waals surface area (Å²) in [6.45, 7) is 2.08. The van der Waals surface area contributed by atoms with Crippen LogP contribution < -0.4 is 5.32 Å². The van der Waals surface area contributed by atoms with Gasteiger partial charge in [-0.1, -0.05) is 72.4 Å². The topological polar surface area (TPSA) is 55.4 Å². The van der Waals surface area contributed by atoms with E-state index < -0.39 is 6.09 Å². The minimum absolute atomic E-state index is 0.0123. The lowest BCUT2D eigenvalue weighted by Crippen LogP contribution is -2.28. The van der Waals surface area contributed by atoms with E-state index in [0.29, 0.717) is 6.54 Å². The van der Waals surface area contributed by atoms with Crippen LogP contribution in [0.4, 0.5) is 4.79 Å². The van der Waals surface area contributed by atoms with Crippen LogP contribution in [0.15, 0.2) is 60.7 Å². The zero-order chi connectivity index (χ0) is 16.5. The molecule has 120 valence electrons. The van der Waals surface area contributed by atoms with Crippen molar-refractivity contribution in [2.24, 2.45) is 0 Å². The normalized spacial score (nSPS) is 11.5. The molecule has 0 aliphatic rings. The van der Waals surface area contributed by atoms with Crippen LogP contribution in [0.25, 0.3) is 0 Å². The summed E-state index contributed by atoms with van der Waals surface area (Å²) in [4.78, 5) is 23.2. The Hall–Kier alpha value is -2.27. The number of rotatable bonds is 6. The SMILES string of the molecule is CC(=O)S[C@@H](CNC(=O)OCc1ccccc1)c1ccccc1. The maximum atomic E-state index is 11.8. The van der Waals surface area contributed by atoms with Gasteiger partial charge < -0.3 is 10.1 Å².